The number of amides is 1. The molecule has 0 aliphatic carbocycles. The number of hydrogen-bond acceptors (Lipinski definition) is 5. The molecule has 2 N–H and O–H groups in total. The summed E-state index contributed by atoms with van der Waals surface area (Å²) >= 11 is 0. The van der Waals surface area contributed by atoms with Crippen molar-refractivity contribution in [3.63, 3.8) is 0 Å². The lowest BCUT2D eigenvalue weighted by Gasteiger charge is -2.33. The Labute approximate surface area is 147 Å². The molecule has 1 aromatic carbocycles. The summed E-state index contributed by atoms with van der Waals surface area (Å²) in [5.74, 6) is -0.120. The first kappa shape index (κ1) is 16.2. The molecular formula is C18H24N6O. The topological polar surface area (TPSA) is 75.1 Å². The highest BCUT2D eigenvalue weighted by Crippen LogP contribution is 2.15. The standard InChI is InChI=1S/C18H24N6O/c25-18(17-13-24(22-21-17)16-9-19-10-16)20-15-7-4-8-23(12-15)11-14-5-2-1-3-6-14/h1-3,5-6,13,15-16,19H,4,7-12H2,(H,20,25). The molecule has 2 aliphatic rings. The summed E-state index contributed by atoms with van der Waals surface area (Å²) in [5, 5.41) is 14.4. The number of likely N-dealkylation sites (tertiary alicyclic amines) is 1. The van der Waals surface area contributed by atoms with E-state index in [2.05, 4.69) is 50.1 Å². The van der Waals surface area contributed by atoms with Crippen LogP contribution in [0.3, 0.4) is 0 Å². The lowest BCUT2D eigenvalue weighted by molar-refractivity contribution is 0.0895. The van der Waals surface area contributed by atoms with Crippen LogP contribution in [0.1, 0.15) is 34.9 Å². The fourth-order valence-corrected chi connectivity index (χ4v) is 3.44. The van der Waals surface area contributed by atoms with Crippen molar-refractivity contribution in [3.05, 3.63) is 47.8 Å². The molecule has 2 fully saturated rings. The minimum atomic E-state index is -0.120. The minimum Gasteiger partial charge on any atom is -0.347 e. The Bertz CT molecular complexity index is 711. The van der Waals surface area contributed by atoms with Gasteiger partial charge in [-0.15, -0.1) is 5.10 Å². The second-order valence-electron chi connectivity index (χ2n) is 6.93. The molecule has 0 bridgehead atoms. The first-order chi connectivity index (χ1) is 12.3. The Hall–Kier alpha value is -2.25. The fourth-order valence-electron chi connectivity index (χ4n) is 3.44. The van der Waals surface area contributed by atoms with E-state index in [-0.39, 0.29) is 11.9 Å². The third-order valence-corrected chi connectivity index (χ3v) is 4.97. The van der Waals surface area contributed by atoms with E-state index < -0.39 is 0 Å². The van der Waals surface area contributed by atoms with Crippen LogP contribution in [0, 0.1) is 0 Å². The minimum absolute atomic E-state index is 0.120. The average molecular weight is 340 g/mol. The number of aromatic nitrogens is 3. The summed E-state index contributed by atoms with van der Waals surface area (Å²) in [7, 11) is 0. The molecule has 3 heterocycles. The van der Waals surface area contributed by atoms with Crippen LogP contribution >= 0.6 is 0 Å². The van der Waals surface area contributed by atoms with E-state index in [4.69, 9.17) is 0 Å². The summed E-state index contributed by atoms with van der Waals surface area (Å²) in [6, 6.07) is 11.0. The van der Waals surface area contributed by atoms with E-state index in [1.165, 1.54) is 5.56 Å². The summed E-state index contributed by atoms with van der Waals surface area (Å²) in [6.45, 7) is 4.66. The van der Waals surface area contributed by atoms with Crippen LogP contribution in [-0.2, 0) is 6.54 Å². The molecule has 132 valence electrons. The Morgan fingerprint density at radius 3 is 2.88 bits per heavy atom. The van der Waals surface area contributed by atoms with Crippen LogP contribution in [0.15, 0.2) is 36.5 Å². The Balaban J connectivity index is 1.32. The van der Waals surface area contributed by atoms with Crippen LogP contribution in [0.5, 0.6) is 0 Å². The maximum Gasteiger partial charge on any atom is 0.273 e. The van der Waals surface area contributed by atoms with Gasteiger partial charge in [-0.25, -0.2) is 4.68 Å². The van der Waals surface area contributed by atoms with E-state index >= 15 is 0 Å². The lowest BCUT2D eigenvalue weighted by atomic mass is 10.0. The Morgan fingerprint density at radius 2 is 2.12 bits per heavy atom. The van der Waals surface area contributed by atoms with Crippen molar-refractivity contribution in [1.29, 1.82) is 0 Å². The van der Waals surface area contributed by atoms with Gasteiger partial charge in [0.05, 0.1) is 12.2 Å². The second kappa shape index (κ2) is 7.33. The summed E-state index contributed by atoms with van der Waals surface area (Å²) < 4.78 is 1.79. The smallest absolute Gasteiger partial charge is 0.273 e. The van der Waals surface area contributed by atoms with Crippen LogP contribution in [0.4, 0.5) is 0 Å². The predicted octanol–water partition coefficient (Wildman–Crippen LogP) is 0.817. The Morgan fingerprint density at radius 1 is 1.28 bits per heavy atom. The molecule has 7 nitrogen and oxygen atoms in total. The molecule has 0 saturated carbocycles. The maximum absolute atomic E-state index is 12.5. The summed E-state index contributed by atoms with van der Waals surface area (Å²) in [6.07, 6.45) is 3.86. The number of hydrogen-bond donors (Lipinski definition) is 2. The third kappa shape index (κ3) is 3.88. The molecule has 25 heavy (non-hydrogen) atoms. The van der Waals surface area contributed by atoms with Crippen molar-refractivity contribution in [2.45, 2.75) is 31.5 Å². The number of benzene rings is 1. The highest BCUT2D eigenvalue weighted by atomic mass is 16.2. The molecule has 2 aliphatic heterocycles. The molecule has 4 rings (SSSR count). The van der Waals surface area contributed by atoms with Gasteiger partial charge in [-0.1, -0.05) is 35.5 Å². The number of carbonyl (C=O) groups is 1. The average Bonchev–Trinajstić information content (AvgIpc) is 3.04. The molecule has 1 aromatic heterocycles. The molecule has 0 spiro atoms. The first-order valence-corrected chi connectivity index (χ1v) is 8.97. The van der Waals surface area contributed by atoms with E-state index in [0.717, 1.165) is 45.6 Å². The van der Waals surface area contributed by atoms with Crippen LogP contribution in [-0.4, -0.2) is 58.0 Å². The number of carbonyl (C=O) groups excluding carboxylic acids is 1. The van der Waals surface area contributed by atoms with Crippen molar-refractivity contribution in [2.75, 3.05) is 26.2 Å². The van der Waals surface area contributed by atoms with Crippen LogP contribution in [0.2, 0.25) is 0 Å². The quantitative estimate of drug-likeness (QED) is 0.843. The molecule has 7 heteroatoms. The van der Waals surface area contributed by atoms with Gasteiger partial charge in [-0.3, -0.25) is 9.69 Å². The van der Waals surface area contributed by atoms with Crippen molar-refractivity contribution in [1.82, 2.24) is 30.5 Å². The van der Waals surface area contributed by atoms with Gasteiger partial charge >= 0.3 is 0 Å². The normalized spacial score (nSPS) is 21.7. The predicted molar refractivity (Wildman–Crippen MR) is 94.1 cm³/mol. The summed E-state index contributed by atoms with van der Waals surface area (Å²) in [4.78, 5) is 14.9. The molecule has 2 saturated heterocycles. The van der Waals surface area contributed by atoms with Crippen LogP contribution < -0.4 is 10.6 Å². The molecule has 0 radical (unpaired) electrons. The van der Waals surface area contributed by atoms with Gasteiger partial charge < -0.3 is 10.6 Å². The summed E-state index contributed by atoms with van der Waals surface area (Å²) in [5.41, 5.74) is 1.72. The molecular weight excluding hydrogens is 316 g/mol. The van der Waals surface area contributed by atoms with E-state index in [0.29, 0.717) is 11.7 Å². The second-order valence-corrected chi connectivity index (χ2v) is 6.93. The monoisotopic (exact) mass is 340 g/mol. The van der Waals surface area contributed by atoms with Crippen molar-refractivity contribution < 1.29 is 4.79 Å². The third-order valence-electron chi connectivity index (χ3n) is 4.97. The number of nitrogens with zero attached hydrogens (tertiary/aromatic N) is 4. The zero-order chi connectivity index (χ0) is 17.1. The van der Waals surface area contributed by atoms with E-state index in [9.17, 15) is 4.79 Å². The first-order valence-electron chi connectivity index (χ1n) is 8.97. The zero-order valence-electron chi connectivity index (χ0n) is 14.3. The van der Waals surface area contributed by atoms with Gasteiger partial charge in [-0.05, 0) is 24.9 Å². The number of nitrogens with one attached hydrogen (secondary N) is 2. The van der Waals surface area contributed by atoms with E-state index in [1.54, 1.807) is 10.9 Å². The van der Waals surface area contributed by atoms with Crippen molar-refractivity contribution >= 4 is 5.91 Å². The molecule has 1 atom stereocenters. The molecule has 2 aromatic rings. The Kier molecular flexibility index (Phi) is 4.76. The van der Waals surface area contributed by atoms with Gasteiger partial charge in [0.2, 0.25) is 0 Å². The lowest BCUT2D eigenvalue weighted by Crippen LogP contribution is -2.47. The van der Waals surface area contributed by atoms with Gasteiger partial charge in [0.1, 0.15) is 0 Å². The highest BCUT2D eigenvalue weighted by molar-refractivity contribution is 5.92. The molecule has 1 unspecified atom stereocenters. The fraction of sp³-hybridized carbons (Fsp3) is 0.500. The van der Waals surface area contributed by atoms with Crippen LogP contribution in [0.25, 0.3) is 0 Å². The largest absolute Gasteiger partial charge is 0.347 e. The van der Waals surface area contributed by atoms with Crippen molar-refractivity contribution in [2.24, 2.45) is 0 Å². The zero-order valence-corrected chi connectivity index (χ0v) is 14.3. The van der Waals surface area contributed by atoms with Gasteiger partial charge in [0, 0.05) is 32.2 Å². The maximum atomic E-state index is 12.5. The van der Waals surface area contributed by atoms with Gasteiger partial charge in [-0.2, -0.15) is 0 Å². The number of rotatable bonds is 5. The highest BCUT2D eigenvalue weighted by Gasteiger charge is 2.25. The van der Waals surface area contributed by atoms with Gasteiger partial charge in [0.15, 0.2) is 5.69 Å². The van der Waals surface area contributed by atoms with Gasteiger partial charge in [0.25, 0.3) is 5.91 Å². The molecule has 1 amide bonds. The van der Waals surface area contributed by atoms with E-state index in [1.807, 2.05) is 6.07 Å². The number of piperidine rings is 1. The SMILES string of the molecule is O=C(NC1CCCN(Cc2ccccc2)C1)c1cn(C2CNC2)nn1. The van der Waals surface area contributed by atoms with Crippen molar-refractivity contribution in [3.8, 4) is 0 Å².